The smallest absolute Gasteiger partial charge is 0.0529 e. The van der Waals surface area contributed by atoms with Gasteiger partial charge >= 0.3 is 0 Å². The van der Waals surface area contributed by atoms with Gasteiger partial charge in [-0.25, -0.2) is 0 Å². The molecular formula is C23H25N3. The first-order chi connectivity index (χ1) is 12.7. The highest BCUT2D eigenvalue weighted by Gasteiger charge is 2.23. The van der Waals surface area contributed by atoms with Crippen LogP contribution in [0.25, 0.3) is 22.7 Å². The number of hydrogen-bond acceptors (Lipinski definition) is 2. The van der Waals surface area contributed by atoms with Crippen molar-refractivity contribution in [3.05, 3.63) is 64.6 Å². The Bertz CT molecular complexity index is 1030. The van der Waals surface area contributed by atoms with Crippen LogP contribution in [0, 0.1) is 6.92 Å². The first-order valence-corrected chi connectivity index (χ1v) is 9.65. The number of rotatable bonds is 1. The summed E-state index contributed by atoms with van der Waals surface area (Å²) in [6, 6.07) is 9.10. The molecule has 3 heteroatoms. The van der Waals surface area contributed by atoms with Crippen molar-refractivity contribution in [1.29, 1.82) is 0 Å². The predicted molar refractivity (Wildman–Crippen MR) is 108 cm³/mol. The minimum atomic E-state index is 1.05. The van der Waals surface area contributed by atoms with E-state index in [1.807, 2.05) is 12.4 Å². The number of benzene rings is 1. The van der Waals surface area contributed by atoms with Crippen LogP contribution in [0.3, 0.4) is 0 Å². The molecule has 0 atom stereocenters. The lowest BCUT2D eigenvalue weighted by atomic mass is 9.89. The maximum atomic E-state index is 4.33. The third-order valence-electron chi connectivity index (χ3n) is 5.96. The molecule has 0 spiro atoms. The Balaban J connectivity index is 1.74. The molecule has 26 heavy (non-hydrogen) atoms. The fourth-order valence-corrected chi connectivity index (χ4v) is 4.62. The summed E-state index contributed by atoms with van der Waals surface area (Å²) < 4.78 is 2.49. The number of aryl methyl sites for hydroxylation is 2. The summed E-state index contributed by atoms with van der Waals surface area (Å²) in [5.74, 6) is 0. The van der Waals surface area contributed by atoms with E-state index in [-0.39, 0.29) is 0 Å². The number of hydrogen-bond donors (Lipinski definition) is 0. The van der Waals surface area contributed by atoms with E-state index in [2.05, 4.69) is 58.9 Å². The molecular weight excluding hydrogens is 318 g/mol. The SMILES string of the molecule is Cc1ccc2c(c1)c1c(n2C=C2CCCc3cnccc32)CCN(C)C1. The van der Waals surface area contributed by atoms with Crippen molar-refractivity contribution in [3.8, 4) is 0 Å². The normalized spacial score (nSPS) is 18.9. The second kappa shape index (κ2) is 6.10. The van der Waals surface area contributed by atoms with Crippen LogP contribution in [-0.4, -0.2) is 28.0 Å². The molecule has 0 saturated heterocycles. The van der Waals surface area contributed by atoms with Crippen molar-refractivity contribution in [2.24, 2.45) is 0 Å². The highest BCUT2D eigenvalue weighted by atomic mass is 15.1. The largest absolute Gasteiger partial charge is 0.320 e. The molecule has 3 nitrogen and oxygen atoms in total. The molecule has 0 N–H and O–H groups in total. The molecule has 5 rings (SSSR count). The van der Waals surface area contributed by atoms with Gasteiger partial charge in [0.2, 0.25) is 0 Å². The predicted octanol–water partition coefficient (Wildman–Crippen LogP) is 4.67. The van der Waals surface area contributed by atoms with Gasteiger partial charge in [-0.15, -0.1) is 0 Å². The quantitative estimate of drug-likeness (QED) is 0.640. The fourth-order valence-electron chi connectivity index (χ4n) is 4.62. The van der Waals surface area contributed by atoms with E-state index in [0.717, 1.165) is 32.4 Å². The zero-order chi connectivity index (χ0) is 17.7. The number of pyridine rings is 1. The van der Waals surface area contributed by atoms with Gasteiger partial charge in [0, 0.05) is 49.2 Å². The molecule has 0 fully saturated rings. The minimum absolute atomic E-state index is 1.05. The van der Waals surface area contributed by atoms with E-state index < -0.39 is 0 Å². The summed E-state index contributed by atoms with van der Waals surface area (Å²) in [5.41, 5.74) is 9.94. The standard InChI is InChI=1S/C23H25N3/c1-16-6-7-22-20(12-16)21-15-25(2)11-9-23(21)26(22)14-18-5-3-4-17-13-24-10-8-19(17)18/h6-8,10,12-14H,3-5,9,11,15H2,1-2H3. The second-order valence-electron chi connectivity index (χ2n) is 7.84. The number of aromatic nitrogens is 2. The van der Waals surface area contributed by atoms with Crippen LogP contribution in [0.4, 0.5) is 0 Å². The Morgan fingerprint density at radius 2 is 2.04 bits per heavy atom. The molecule has 0 saturated carbocycles. The van der Waals surface area contributed by atoms with Crippen LogP contribution in [0.15, 0.2) is 36.7 Å². The molecule has 2 aliphatic rings. The Hall–Kier alpha value is -2.39. The van der Waals surface area contributed by atoms with Crippen molar-refractivity contribution in [1.82, 2.24) is 14.5 Å². The van der Waals surface area contributed by atoms with Gasteiger partial charge in [0.1, 0.15) is 0 Å². The molecule has 0 bridgehead atoms. The van der Waals surface area contributed by atoms with E-state index >= 15 is 0 Å². The average molecular weight is 343 g/mol. The van der Waals surface area contributed by atoms with Crippen LogP contribution in [0.1, 0.15) is 40.8 Å². The topological polar surface area (TPSA) is 21.1 Å². The molecule has 3 heterocycles. The van der Waals surface area contributed by atoms with E-state index in [1.54, 1.807) is 0 Å². The van der Waals surface area contributed by atoms with Crippen LogP contribution < -0.4 is 0 Å². The molecule has 0 unspecified atom stereocenters. The molecule has 0 radical (unpaired) electrons. The van der Waals surface area contributed by atoms with E-state index in [4.69, 9.17) is 0 Å². The Morgan fingerprint density at radius 1 is 1.12 bits per heavy atom. The molecule has 3 aromatic rings. The van der Waals surface area contributed by atoms with E-state index in [1.165, 1.54) is 50.8 Å². The first kappa shape index (κ1) is 15.8. The molecule has 1 aromatic carbocycles. The van der Waals surface area contributed by atoms with Crippen LogP contribution >= 0.6 is 0 Å². The van der Waals surface area contributed by atoms with Gasteiger partial charge in [-0.05, 0) is 73.7 Å². The summed E-state index contributed by atoms with van der Waals surface area (Å²) in [7, 11) is 2.23. The highest BCUT2D eigenvalue weighted by molar-refractivity contribution is 5.91. The van der Waals surface area contributed by atoms with Gasteiger partial charge in [0.25, 0.3) is 0 Å². The maximum Gasteiger partial charge on any atom is 0.0529 e. The number of fused-ring (bicyclic) bond motifs is 4. The molecule has 132 valence electrons. The molecule has 0 amide bonds. The monoisotopic (exact) mass is 343 g/mol. The Labute approximate surface area is 155 Å². The van der Waals surface area contributed by atoms with E-state index in [9.17, 15) is 0 Å². The zero-order valence-electron chi connectivity index (χ0n) is 15.6. The fraction of sp³-hybridized carbons (Fsp3) is 0.348. The van der Waals surface area contributed by atoms with Gasteiger partial charge in [0.05, 0.1) is 5.52 Å². The van der Waals surface area contributed by atoms with Gasteiger partial charge in [-0.1, -0.05) is 11.6 Å². The van der Waals surface area contributed by atoms with Crippen molar-refractivity contribution < 1.29 is 0 Å². The lowest BCUT2D eigenvalue weighted by Crippen LogP contribution is -2.26. The maximum absolute atomic E-state index is 4.33. The van der Waals surface area contributed by atoms with Gasteiger partial charge in [0.15, 0.2) is 0 Å². The molecule has 1 aliphatic carbocycles. The van der Waals surface area contributed by atoms with Gasteiger partial charge in [-0.2, -0.15) is 0 Å². The van der Waals surface area contributed by atoms with E-state index in [0.29, 0.717) is 0 Å². The van der Waals surface area contributed by atoms with Crippen LogP contribution in [-0.2, 0) is 19.4 Å². The van der Waals surface area contributed by atoms with Gasteiger partial charge < -0.3 is 9.47 Å². The van der Waals surface area contributed by atoms with Crippen molar-refractivity contribution in [3.63, 3.8) is 0 Å². The summed E-state index contributed by atoms with van der Waals surface area (Å²) >= 11 is 0. The first-order valence-electron chi connectivity index (χ1n) is 9.65. The average Bonchev–Trinajstić information content (AvgIpc) is 2.94. The lowest BCUT2D eigenvalue weighted by molar-refractivity contribution is 0.312. The Morgan fingerprint density at radius 3 is 2.96 bits per heavy atom. The summed E-state index contributed by atoms with van der Waals surface area (Å²) in [5, 5.41) is 1.43. The highest BCUT2D eigenvalue weighted by Crippen LogP contribution is 2.35. The summed E-state index contributed by atoms with van der Waals surface area (Å²) in [6.07, 6.45) is 11.0. The number of allylic oxidation sites excluding steroid dienone is 1. The second-order valence-corrected chi connectivity index (χ2v) is 7.84. The number of likely N-dealkylation sites (N-methyl/N-ethyl adjacent to an activating group) is 1. The van der Waals surface area contributed by atoms with Crippen LogP contribution in [0.2, 0.25) is 0 Å². The van der Waals surface area contributed by atoms with Crippen molar-refractivity contribution >= 4 is 22.7 Å². The molecule has 2 aromatic heterocycles. The van der Waals surface area contributed by atoms with Gasteiger partial charge in [-0.3, -0.25) is 4.98 Å². The number of nitrogens with zero attached hydrogens (tertiary/aromatic N) is 3. The van der Waals surface area contributed by atoms with Crippen LogP contribution in [0.5, 0.6) is 0 Å². The third kappa shape index (κ3) is 2.50. The third-order valence-corrected chi connectivity index (χ3v) is 5.96. The Kier molecular flexibility index (Phi) is 3.71. The minimum Gasteiger partial charge on any atom is -0.320 e. The summed E-state index contributed by atoms with van der Waals surface area (Å²) in [4.78, 5) is 6.76. The van der Waals surface area contributed by atoms with Crippen molar-refractivity contribution in [2.45, 2.75) is 39.2 Å². The lowest BCUT2D eigenvalue weighted by Gasteiger charge is -2.24. The zero-order valence-corrected chi connectivity index (χ0v) is 15.6. The summed E-state index contributed by atoms with van der Waals surface area (Å²) in [6.45, 7) is 4.37. The molecule has 1 aliphatic heterocycles. The van der Waals surface area contributed by atoms with Crippen molar-refractivity contribution in [2.75, 3.05) is 13.6 Å².